The quantitative estimate of drug-likeness (QED) is 0.0243. The smallest absolute Gasteiger partial charge is 0.387 e. The van der Waals surface area contributed by atoms with Gasteiger partial charge in [-0.1, -0.05) is 267 Å². The molecule has 72 heavy (non-hydrogen) atoms. The molecule has 9 heteroatoms. The van der Waals surface area contributed by atoms with E-state index in [4.69, 9.17) is 9.05 Å². The minimum Gasteiger partial charge on any atom is -0.387 e. The highest BCUT2D eigenvalue weighted by Crippen LogP contribution is 2.43. The lowest BCUT2D eigenvalue weighted by molar-refractivity contribution is -0.870. The van der Waals surface area contributed by atoms with E-state index < -0.39 is 20.0 Å². The Balaban J connectivity index is 3.94. The Morgan fingerprint density at radius 2 is 0.847 bits per heavy atom. The van der Waals surface area contributed by atoms with Gasteiger partial charge < -0.3 is 19.8 Å². The summed E-state index contributed by atoms with van der Waals surface area (Å²) in [6.07, 6.45) is 74.7. The van der Waals surface area contributed by atoms with Crippen LogP contribution in [0, 0.1) is 0 Å². The highest BCUT2D eigenvalue weighted by molar-refractivity contribution is 7.47. The Kier molecular flexibility index (Phi) is 52.2. The van der Waals surface area contributed by atoms with E-state index in [2.05, 4.69) is 79.9 Å². The number of quaternary nitrogens is 1. The molecule has 3 N–H and O–H groups in total. The second-order valence-electron chi connectivity index (χ2n) is 21.7. The van der Waals surface area contributed by atoms with Crippen LogP contribution < -0.4 is 5.32 Å². The molecule has 8 nitrogen and oxygen atoms in total. The number of unbranched alkanes of at least 4 members (excludes halogenated alkanes) is 32. The number of carbonyl (C=O) groups excluding carboxylic acids is 1. The molecule has 1 amide bonds. The Morgan fingerprint density at radius 3 is 1.28 bits per heavy atom. The van der Waals surface area contributed by atoms with Crippen molar-refractivity contribution in [3.63, 3.8) is 0 Å². The predicted molar refractivity (Wildman–Crippen MR) is 313 cm³/mol. The van der Waals surface area contributed by atoms with E-state index in [9.17, 15) is 19.4 Å². The van der Waals surface area contributed by atoms with Gasteiger partial charge in [0.1, 0.15) is 13.2 Å². The zero-order valence-electron chi connectivity index (χ0n) is 47.9. The van der Waals surface area contributed by atoms with Crippen LogP contribution in [0.3, 0.4) is 0 Å². The van der Waals surface area contributed by atoms with Gasteiger partial charge in [0.2, 0.25) is 5.91 Å². The number of allylic oxidation sites excluding steroid dienone is 11. The van der Waals surface area contributed by atoms with Crippen molar-refractivity contribution in [2.24, 2.45) is 0 Å². The number of aliphatic hydroxyl groups is 1. The predicted octanol–water partition coefficient (Wildman–Crippen LogP) is 18.7. The zero-order chi connectivity index (χ0) is 52.7. The Morgan fingerprint density at radius 1 is 0.486 bits per heavy atom. The van der Waals surface area contributed by atoms with Gasteiger partial charge in [-0.25, -0.2) is 4.57 Å². The summed E-state index contributed by atoms with van der Waals surface area (Å²) < 4.78 is 23.6. The Hall–Kier alpha value is -2.06. The van der Waals surface area contributed by atoms with Crippen molar-refractivity contribution >= 4 is 13.7 Å². The van der Waals surface area contributed by atoms with Crippen LogP contribution >= 0.6 is 7.82 Å². The average molecular weight is 1030 g/mol. The van der Waals surface area contributed by atoms with Crippen molar-refractivity contribution in [1.29, 1.82) is 0 Å². The number of hydrogen-bond donors (Lipinski definition) is 3. The monoisotopic (exact) mass is 1030 g/mol. The van der Waals surface area contributed by atoms with Crippen LogP contribution in [-0.2, 0) is 18.4 Å². The molecule has 0 aromatic carbocycles. The topological polar surface area (TPSA) is 105 Å². The molecule has 0 heterocycles. The van der Waals surface area contributed by atoms with E-state index in [1.807, 2.05) is 27.2 Å². The third kappa shape index (κ3) is 55.7. The van der Waals surface area contributed by atoms with E-state index in [1.54, 1.807) is 6.08 Å². The number of rotatable bonds is 55. The first-order valence-electron chi connectivity index (χ1n) is 30.3. The van der Waals surface area contributed by atoms with Gasteiger partial charge in [0.15, 0.2) is 0 Å². The standard InChI is InChI=1S/C63H117N2O6P/c1-6-8-10-12-14-16-18-20-21-22-23-24-25-26-27-28-29-30-31-32-33-34-35-36-37-38-39-40-41-42-43-45-47-49-51-53-55-57-63(67)64-61(60-71-72(68,69)70-59-58-65(3,4)5)62(66)56-54-52-50-48-46-44-19-17-15-13-11-9-7-2/h8,10,14,16,20-21,23-24,46,48,54,56,61-62,66H,6-7,9,11-13,15,17-19,22,25-45,47,49-53,55,57-60H2,1-5H3,(H-,64,67,68,69)/p+1/b10-8-,16-14-,21-20-,24-23-,48-46+,56-54+. The van der Waals surface area contributed by atoms with Crippen LogP contribution in [0.1, 0.15) is 271 Å². The summed E-state index contributed by atoms with van der Waals surface area (Å²) in [7, 11) is 1.56. The number of phosphoric acid groups is 1. The van der Waals surface area contributed by atoms with Crippen molar-refractivity contribution in [1.82, 2.24) is 5.32 Å². The number of nitrogens with zero attached hydrogens (tertiary/aromatic N) is 1. The van der Waals surface area contributed by atoms with Crippen molar-refractivity contribution in [3.05, 3.63) is 72.9 Å². The molecule has 0 aromatic rings. The fourth-order valence-electron chi connectivity index (χ4n) is 8.70. The third-order valence-electron chi connectivity index (χ3n) is 13.4. The molecule has 0 saturated heterocycles. The normalized spacial score (nSPS) is 14.4. The van der Waals surface area contributed by atoms with Gasteiger partial charge in [-0.3, -0.25) is 13.8 Å². The Bertz CT molecular complexity index is 1400. The molecule has 0 aromatic heterocycles. The minimum atomic E-state index is -4.35. The van der Waals surface area contributed by atoms with Crippen LogP contribution in [0.2, 0.25) is 0 Å². The molecule has 0 fully saturated rings. The van der Waals surface area contributed by atoms with Gasteiger partial charge in [0, 0.05) is 6.42 Å². The summed E-state index contributed by atoms with van der Waals surface area (Å²) in [5, 5.41) is 13.9. The van der Waals surface area contributed by atoms with Crippen molar-refractivity contribution in [3.8, 4) is 0 Å². The summed E-state index contributed by atoms with van der Waals surface area (Å²) in [5.41, 5.74) is 0. The van der Waals surface area contributed by atoms with E-state index in [-0.39, 0.29) is 19.1 Å². The molecule has 0 rings (SSSR count). The lowest BCUT2D eigenvalue weighted by Gasteiger charge is -2.25. The lowest BCUT2D eigenvalue weighted by atomic mass is 10.0. The first-order chi connectivity index (χ1) is 35.0. The maximum absolute atomic E-state index is 13.0. The third-order valence-corrected chi connectivity index (χ3v) is 14.4. The highest BCUT2D eigenvalue weighted by Gasteiger charge is 2.27. The van der Waals surface area contributed by atoms with E-state index in [0.717, 1.165) is 64.2 Å². The molecular formula is C63H118N2O6P+. The molecule has 0 aliphatic heterocycles. The number of likely N-dealkylation sites (N-methyl/N-ethyl adjacent to an activating group) is 1. The maximum Gasteiger partial charge on any atom is 0.472 e. The summed E-state index contributed by atoms with van der Waals surface area (Å²) in [6.45, 7) is 4.68. The fourth-order valence-corrected chi connectivity index (χ4v) is 9.43. The van der Waals surface area contributed by atoms with Crippen LogP contribution in [0.4, 0.5) is 0 Å². The molecule has 3 unspecified atom stereocenters. The van der Waals surface area contributed by atoms with Gasteiger partial charge in [-0.2, -0.15) is 0 Å². The van der Waals surface area contributed by atoms with Gasteiger partial charge in [-0.05, 0) is 70.6 Å². The first kappa shape index (κ1) is 69.9. The van der Waals surface area contributed by atoms with Crippen molar-refractivity contribution < 1.29 is 32.9 Å². The van der Waals surface area contributed by atoms with Crippen molar-refractivity contribution in [2.45, 2.75) is 283 Å². The second kappa shape index (κ2) is 53.8. The number of hydrogen-bond acceptors (Lipinski definition) is 5. The zero-order valence-corrected chi connectivity index (χ0v) is 48.8. The number of phosphoric ester groups is 1. The van der Waals surface area contributed by atoms with Gasteiger partial charge in [0.25, 0.3) is 0 Å². The lowest BCUT2D eigenvalue weighted by Crippen LogP contribution is -2.45. The molecular weight excluding hydrogens is 912 g/mol. The van der Waals surface area contributed by atoms with Crippen molar-refractivity contribution in [2.75, 3.05) is 40.9 Å². The van der Waals surface area contributed by atoms with Crippen LogP contribution in [-0.4, -0.2) is 73.4 Å². The molecule has 0 aliphatic carbocycles. The summed E-state index contributed by atoms with van der Waals surface area (Å²) in [6, 6.07) is -0.863. The largest absolute Gasteiger partial charge is 0.472 e. The van der Waals surface area contributed by atoms with E-state index in [0.29, 0.717) is 17.4 Å². The maximum atomic E-state index is 13.0. The van der Waals surface area contributed by atoms with Crippen LogP contribution in [0.15, 0.2) is 72.9 Å². The Labute approximate surface area is 446 Å². The SMILES string of the molecule is CC/C=C\C/C=C\C/C=C\C/C=C\CCCCCCCCCCCCCCCCCCCCCCCCCCC(=O)NC(COP(=O)(O)OCC[N+](C)(C)C)C(O)/C=C/CC/C=C/CCCCCCCCC. The van der Waals surface area contributed by atoms with E-state index in [1.165, 1.54) is 186 Å². The number of aliphatic hydroxyl groups excluding tert-OH is 1. The van der Waals surface area contributed by atoms with Gasteiger partial charge in [-0.15, -0.1) is 0 Å². The highest BCUT2D eigenvalue weighted by atomic mass is 31.2. The second-order valence-corrected chi connectivity index (χ2v) is 23.1. The molecule has 0 aliphatic rings. The molecule has 0 spiro atoms. The number of amides is 1. The molecule has 0 radical (unpaired) electrons. The van der Waals surface area contributed by atoms with Gasteiger partial charge in [0.05, 0.1) is 39.9 Å². The van der Waals surface area contributed by atoms with Gasteiger partial charge >= 0.3 is 7.82 Å². The summed E-state index contributed by atoms with van der Waals surface area (Å²) in [5.74, 6) is -0.185. The molecule has 3 atom stereocenters. The minimum absolute atomic E-state index is 0.0560. The number of nitrogens with one attached hydrogen (secondary N) is 1. The summed E-state index contributed by atoms with van der Waals surface area (Å²) in [4.78, 5) is 23.3. The molecule has 420 valence electrons. The van der Waals surface area contributed by atoms with E-state index >= 15 is 0 Å². The average Bonchev–Trinajstić information content (AvgIpc) is 3.34. The fraction of sp³-hybridized carbons (Fsp3) is 0.794. The summed E-state index contributed by atoms with van der Waals surface area (Å²) >= 11 is 0. The number of carbonyl (C=O) groups is 1. The van der Waals surface area contributed by atoms with Crippen LogP contribution in [0.25, 0.3) is 0 Å². The molecule has 0 bridgehead atoms. The first-order valence-corrected chi connectivity index (χ1v) is 31.8. The van der Waals surface area contributed by atoms with Crippen LogP contribution in [0.5, 0.6) is 0 Å². The molecule has 0 saturated carbocycles.